The molecule has 1 amide bonds. The molecule has 0 bridgehead atoms. The molecular weight excluding hydrogens is 424 g/mol. The molecule has 10 heteroatoms. The first kappa shape index (κ1) is 23.2. The predicted octanol–water partition coefficient (Wildman–Crippen LogP) is 1.40. The summed E-state index contributed by atoms with van der Waals surface area (Å²) in [5.41, 5.74) is 9.06. The van der Waals surface area contributed by atoms with Crippen LogP contribution in [0.25, 0.3) is 0 Å². The Balaban J connectivity index is 1.44. The Morgan fingerprint density at radius 3 is 2.45 bits per heavy atom. The van der Waals surface area contributed by atoms with Crippen LogP contribution in [0.3, 0.4) is 0 Å². The fourth-order valence-corrected chi connectivity index (χ4v) is 3.65. The van der Waals surface area contributed by atoms with E-state index in [1.807, 2.05) is 32.0 Å². The van der Waals surface area contributed by atoms with E-state index in [4.69, 9.17) is 14.2 Å². The second-order valence-electron chi connectivity index (χ2n) is 8.17. The lowest BCUT2D eigenvalue weighted by molar-refractivity contribution is 0.0317. The third-order valence-corrected chi connectivity index (χ3v) is 5.83. The molecule has 0 radical (unpaired) electrons. The molecule has 10 nitrogen and oxygen atoms in total. The van der Waals surface area contributed by atoms with Crippen LogP contribution in [-0.4, -0.2) is 86.5 Å². The summed E-state index contributed by atoms with van der Waals surface area (Å²) in [6.07, 6.45) is 0. The molecular formula is C23H32N6O4. The van der Waals surface area contributed by atoms with E-state index in [1.54, 1.807) is 6.07 Å². The van der Waals surface area contributed by atoms with Gasteiger partial charge in [-0.1, -0.05) is 6.07 Å². The van der Waals surface area contributed by atoms with E-state index in [9.17, 15) is 4.79 Å². The van der Waals surface area contributed by atoms with Crippen LogP contribution in [0.15, 0.2) is 24.3 Å². The maximum absolute atomic E-state index is 12.9. The van der Waals surface area contributed by atoms with Gasteiger partial charge in [-0.2, -0.15) is 9.97 Å². The Kier molecular flexibility index (Phi) is 7.92. The highest BCUT2D eigenvalue weighted by molar-refractivity contribution is 5.93. The van der Waals surface area contributed by atoms with E-state index in [0.29, 0.717) is 38.7 Å². The SMILES string of the molecule is Cc1ccc(NNC(=O)c2cc(N3CCOCC3)nc(OCCN3CCOCC3)n2)cc1C. The van der Waals surface area contributed by atoms with E-state index in [0.717, 1.165) is 44.1 Å². The number of rotatable bonds is 8. The number of hydrazine groups is 1. The Bertz CT molecular complexity index is 945. The molecule has 0 unspecified atom stereocenters. The Morgan fingerprint density at radius 2 is 1.73 bits per heavy atom. The number of ether oxygens (including phenoxy) is 3. The second-order valence-corrected chi connectivity index (χ2v) is 8.17. The number of carbonyl (C=O) groups excluding carboxylic acids is 1. The Morgan fingerprint density at radius 1 is 1.00 bits per heavy atom. The number of amides is 1. The fraction of sp³-hybridized carbons (Fsp3) is 0.522. The van der Waals surface area contributed by atoms with E-state index in [2.05, 4.69) is 30.6 Å². The maximum atomic E-state index is 12.9. The molecule has 178 valence electrons. The first-order chi connectivity index (χ1) is 16.1. The molecule has 2 fully saturated rings. The van der Waals surface area contributed by atoms with Gasteiger partial charge < -0.3 is 19.1 Å². The molecule has 2 N–H and O–H groups in total. The van der Waals surface area contributed by atoms with Gasteiger partial charge in [-0.3, -0.25) is 20.5 Å². The molecule has 2 saturated heterocycles. The summed E-state index contributed by atoms with van der Waals surface area (Å²) in [5, 5.41) is 0. The molecule has 3 heterocycles. The minimum atomic E-state index is -0.358. The highest BCUT2D eigenvalue weighted by atomic mass is 16.5. The number of benzene rings is 1. The van der Waals surface area contributed by atoms with Crippen molar-refractivity contribution in [1.29, 1.82) is 0 Å². The molecule has 2 aliphatic rings. The molecule has 0 saturated carbocycles. The van der Waals surface area contributed by atoms with E-state index >= 15 is 0 Å². The first-order valence-electron chi connectivity index (χ1n) is 11.4. The van der Waals surface area contributed by atoms with Crippen LogP contribution in [0.5, 0.6) is 6.01 Å². The van der Waals surface area contributed by atoms with Crippen LogP contribution >= 0.6 is 0 Å². The van der Waals surface area contributed by atoms with Crippen LogP contribution in [0.2, 0.25) is 0 Å². The number of anilines is 2. The highest BCUT2D eigenvalue weighted by Gasteiger charge is 2.19. The Labute approximate surface area is 194 Å². The van der Waals surface area contributed by atoms with Crippen molar-refractivity contribution in [3.8, 4) is 6.01 Å². The molecule has 0 atom stereocenters. The van der Waals surface area contributed by atoms with Crippen LogP contribution < -0.4 is 20.5 Å². The van der Waals surface area contributed by atoms with Crippen molar-refractivity contribution in [3.63, 3.8) is 0 Å². The molecule has 0 spiro atoms. The number of morpholine rings is 2. The predicted molar refractivity (Wildman–Crippen MR) is 125 cm³/mol. The van der Waals surface area contributed by atoms with Gasteiger partial charge >= 0.3 is 6.01 Å². The number of hydrogen-bond donors (Lipinski definition) is 2. The fourth-order valence-electron chi connectivity index (χ4n) is 3.65. The monoisotopic (exact) mass is 456 g/mol. The summed E-state index contributed by atoms with van der Waals surface area (Å²) in [6.45, 7) is 11.2. The summed E-state index contributed by atoms with van der Waals surface area (Å²) < 4.78 is 16.7. The van der Waals surface area contributed by atoms with Gasteiger partial charge in [0, 0.05) is 38.8 Å². The summed E-state index contributed by atoms with van der Waals surface area (Å²) in [6, 6.07) is 7.79. The number of aromatic nitrogens is 2. The lowest BCUT2D eigenvalue weighted by Gasteiger charge is -2.28. The number of nitrogens with zero attached hydrogens (tertiary/aromatic N) is 4. The second kappa shape index (κ2) is 11.3. The molecule has 2 aromatic rings. The maximum Gasteiger partial charge on any atom is 0.319 e. The number of aryl methyl sites for hydroxylation is 2. The zero-order valence-electron chi connectivity index (χ0n) is 19.3. The van der Waals surface area contributed by atoms with Gasteiger partial charge in [0.25, 0.3) is 5.91 Å². The summed E-state index contributed by atoms with van der Waals surface area (Å²) in [5.74, 6) is 0.300. The van der Waals surface area contributed by atoms with Gasteiger partial charge in [0.2, 0.25) is 0 Å². The summed E-state index contributed by atoms with van der Waals surface area (Å²) in [7, 11) is 0. The van der Waals surface area contributed by atoms with Crippen LogP contribution in [-0.2, 0) is 9.47 Å². The quantitative estimate of drug-likeness (QED) is 0.571. The molecule has 1 aromatic heterocycles. The van der Waals surface area contributed by atoms with Gasteiger partial charge in [0.05, 0.1) is 32.1 Å². The van der Waals surface area contributed by atoms with Crippen molar-refractivity contribution in [2.45, 2.75) is 13.8 Å². The normalized spacial score (nSPS) is 17.0. The number of hydrogen-bond acceptors (Lipinski definition) is 9. The lowest BCUT2D eigenvalue weighted by atomic mass is 10.1. The molecule has 0 aliphatic carbocycles. The van der Waals surface area contributed by atoms with Gasteiger partial charge in [-0.25, -0.2) is 0 Å². The van der Waals surface area contributed by atoms with Crippen molar-refractivity contribution in [2.75, 3.05) is 76.1 Å². The average Bonchev–Trinajstić information content (AvgIpc) is 2.85. The van der Waals surface area contributed by atoms with Gasteiger partial charge in [0.15, 0.2) is 0 Å². The van der Waals surface area contributed by atoms with Crippen molar-refractivity contribution in [1.82, 2.24) is 20.3 Å². The van der Waals surface area contributed by atoms with Crippen molar-refractivity contribution < 1.29 is 19.0 Å². The summed E-state index contributed by atoms with van der Waals surface area (Å²) >= 11 is 0. The summed E-state index contributed by atoms with van der Waals surface area (Å²) in [4.78, 5) is 26.2. The van der Waals surface area contributed by atoms with Crippen LogP contribution in [0.4, 0.5) is 11.5 Å². The first-order valence-corrected chi connectivity index (χ1v) is 11.4. The standard InChI is InChI=1S/C23H32N6O4/c1-17-3-4-19(15-18(17)2)26-27-22(30)20-16-21(29-8-12-32-13-9-29)25-23(24-20)33-14-7-28-5-10-31-11-6-28/h3-4,15-16,26H,5-14H2,1-2H3,(H,27,30). The molecule has 4 rings (SSSR count). The van der Waals surface area contributed by atoms with Crippen molar-refractivity contribution >= 4 is 17.4 Å². The number of nitrogens with one attached hydrogen (secondary N) is 2. The van der Waals surface area contributed by atoms with E-state index < -0.39 is 0 Å². The van der Waals surface area contributed by atoms with E-state index in [-0.39, 0.29) is 17.6 Å². The van der Waals surface area contributed by atoms with E-state index in [1.165, 1.54) is 5.56 Å². The smallest absolute Gasteiger partial charge is 0.319 e. The van der Waals surface area contributed by atoms with Gasteiger partial charge in [-0.15, -0.1) is 0 Å². The topological polar surface area (TPSA) is 101 Å². The third kappa shape index (κ3) is 6.53. The zero-order valence-corrected chi connectivity index (χ0v) is 19.3. The van der Waals surface area contributed by atoms with Crippen molar-refractivity contribution in [2.24, 2.45) is 0 Å². The largest absolute Gasteiger partial charge is 0.462 e. The van der Waals surface area contributed by atoms with Crippen LogP contribution in [0, 0.1) is 13.8 Å². The minimum Gasteiger partial charge on any atom is -0.462 e. The molecule has 1 aromatic carbocycles. The number of carbonyl (C=O) groups is 1. The zero-order chi connectivity index (χ0) is 23.0. The van der Waals surface area contributed by atoms with Gasteiger partial charge in [-0.05, 0) is 37.1 Å². The Hall–Kier alpha value is -2.95. The minimum absolute atomic E-state index is 0.198. The highest BCUT2D eigenvalue weighted by Crippen LogP contribution is 2.18. The van der Waals surface area contributed by atoms with Gasteiger partial charge in [0.1, 0.15) is 18.1 Å². The van der Waals surface area contributed by atoms with Crippen molar-refractivity contribution in [3.05, 3.63) is 41.1 Å². The lowest BCUT2D eigenvalue weighted by Crippen LogP contribution is -2.39. The third-order valence-electron chi connectivity index (χ3n) is 5.83. The average molecular weight is 457 g/mol. The molecule has 2 aliphatic heterocycles. The van der Waals surface area contributed by atoms with Crippen LogP contribution in [0.1, 0.15) is 21.6 Å². The molecule has 33 heavy (non-hydrogen) atoms.